The first-order valence-electron chi connectivity index (χ1n) is 7.50. The van der Waals surface area contributed by atoms with E-state index in [1.165, 1.54) is 6.07 Å². The van der Waals surface area contributed by atoms with Crippen molar-refractivity contribution >= 4 is 0 Å². The molecule has 114 valence electrons. The Morgan fingerprint density at radius 3 is 2.45 bits per heavy atom. The van der Waals surface area contributed by atoms with Crippen LogP contribution in [0, 0.1) is 11.2 Å². The molecule has 1 aromatic rings. The predicted molar refractivity (Wildman–Crippen MR) is 82.3 cm³/mol. The lowest BCUT2D eigenvalue weighted by molar-refractivity contribution is -0.0366. The maximum atomic E-state index is 13.5. The van der Waals surface area contributed by atoms with Crippen LogP contribution < -0.4 is 5.32 Å². The molecule has 0 aromatic heterocycles. The van der Waals surface area contributed by atoms with Gasteiger partial charge in [0.15, 0.2) is 0 Å². The van der Waals surface area contributed by atoms with Crippen LogP contribution >= 0.6 is 0 Å². The van der Waals surface area contributed by atoms with Crippen molar-refractivity contribution in [3.8, 4) is 0 Å². The summed E-state index contributed by atoms with van der Waals surface area (Å²) in [5.41, 5.74) is 0.931. The van der Waals surface area contributed by atoms with Crippen molar-refractivity contribution in [1.82, 2.24) is 5.32 Å². The Morgan fingerprint density at radius 1 is 1.25 bits per heavy atom. The van der Waals surface area contributed by atoms with Crippen LogP contribution in [0.3, 0.4) is 0 Å². The van der Waals surface area contributed by atoms with E-state index in [9.17, 15) is 4.39 Å². The van der Waals surface area contributed by atoms with Gasteiger partial charge in [0.25, 0.3) is 0 Å². The fourth-order valence-corrected chi connectivity index (χ4v) is 2.43. The molecule has 3 heteroatoms. The summed E-state index contributed by atoms with van der Waals surface area (Å²) >= 11 is 0. The molecule has 2 unspecified atom stereocenters. The first-order valence-corrected chi connectivity index (χ1v) is 7.50. The SMILES string of the molecule is CCCNC(c1cccc(F)c1)C(OCC)C(C)(C)C. The zero-order valence-corrected chi connectivity index (χ0v) is 13.4. The average Bonchev–Trinajstić information content (AvgIpc) is 2.37. The fraction of sp³-hybridized carbons (Fsp3) is 0.647. The van der Waals surface area contributed by atoms with Gasteiger partial charge < -0.3 is 10.1 Å². The highest BCUT2D eigenvalue weighted by Gasteiger charge is 2.33. The highest BCUT2D eigenvalue weighted by molar-refractivity contribution is 5.22. The number of rotatable bonds is 7. The van der Waals surface area contributed by atoms with E-state index in [0.29, 0.717) is 6.61 Å². The average molecular weight is 281 g/mol. The Kier molecular flexibility index (Phi) is 6.63. The molecule has 1 rings (SSSR count). The molecule has 20 heavy (non-hydrogen) atoms. The lowest BCUT2D eigenvalue weighted by atomic mass is 9.82. The summed E-state index contributed by atoms with van der Waals surface area (Å²) in [4.78, 5) is 0. The zero-order chi connectivity index (χ0) is 15.2. The third-order valence-electron chi connectivity index (χ3n) is 3.32. The van der Waals surface area contributed by atoms with Crippen LogP contribution in [0.15, 0.2) is 24.3 Å². The molecule has 0 bridgehead atoms. The van der Waals surface area contributed by atoms with Gasteiger partial charge in [-0.05, 0) is 43.0 Å². The van der Waals surface area contributed by atoms with E-state index >= 15 is 0 Å². The zero-order valence-electron chi connectivity index (χ0n) is 13.4. The summed E-state index contributed by atoms with van der Waals surface area (Å²) in [5.74, 6) is -0.199. The first-order chi connectivity index (χ1) is 9.40. The summed E-state index contributed by atoms with van der Waals surface area (Å²) in [7, 11) is 0. The molecule has 2 nitrogen and oxygen atoms in total. The molecule has 0 heterocycles. The Hall–Kier alpha value is -0.930. The van der Waals surface area contributed by atoms with Crippen molar-refractivity contribution in [2.75, 3.05) is 13.2 Å². The van der Waals surface area contributed by atoms with Crippen LogP contribution in [0.1, 0.15) is 52.6 Å². The number of hydrogen-bond donors (Lipinski definition) is 1. The largest absolute Gasteiger partial charge is 0.376 e. The van der Waals surface area contributed by atoms with Crippen molar-refractivity contribution in [1.29, 1.82) is 0 Å². The van der Waals surface area contributed by atoms with E-state index in [-0.39, 0.29) is 23.4 Å². The molecule has 0 aliphatic rings. The van der Waals surface area contributed by atoms with Gasteiger partial charge in [0, 0.05) is 6.61 Å². The van der Waals surface area contributed by atoms with Crippen molar-refractivity contribution in [2.24, 2.45) is 5.41 Å². The van der Waals surface area contributed by atoms with Gasteiger partial charge >= 0.3 is 0 Å². The quantitative estimate of drug-likeness (QED) is 0.803. The highest BCUT2D eigenvalue weighted by Crippen LogP contribution is 2.33. The Bertz CT molecular complexity index is 400. The molecular formula is C17H28FNO. The van der Waals surface area contributed by atoms with Gasteiger partial charge in [0.2, 0.25) is 0 Å². The van der Waals surface area contributed by atoms with Crippen molar-refractivity contribution in [3.63, 3.8) is 0 Å². The van der Waals surface area contributed by atoms with Gasteiger partial charge in [-0.25, -0.2) is 4.39 Å². The van der Waals surface area contributed by atoms with E-state index in [1.54, 1.807) is 12.1 Å². The second-order valence-corrected chi connectivity index (χ2v) is 6.23. The predicted octanol–water partition coefficient (Wildman–Crippen LogP) is 4.32. The van der Waals surface area contributed by atoms with Gasteiger partial charge in [0.05, 0.1) is 12.1 Å². The van der Waals surface area contributed by atoms with Crippen LogP contribution in [0.25, 0.3) is 0 Å². The molecule has 0 saturated heterocycles. The molecule has 0 spiro atoms. The van der Waals surface area contributed by atoms with Crippen molar-refractivity contribution in [2.45, 2.75) is 53.2 Å². The van der Waals surface area contributed by atoms with Gasteiger partial charge in [-0.1, -0.05) is 39.8 Å². The summed E-state index contributed by atoms with van der Waals surface area (Å²) < 4.78 is 19.5. The number of halogens is 1. The number of nitrogens with one attached hydrogen (secondary N) is 1. The minimum Gasteiger partial charge on any atom is -0.376 e. The molecule has 0 aliphatic heterocycles. The number of ether oxygens (including phenoxy) is 1. The van der Waals surface area contributed by atoms with Crippen molar-refractivity contribution in [3.05, 3.63) is 35.6 Å². The highest BCUT2D eigenvalue weighted by atomic mass is 19.1. The maximum Gasteiger partial charge on any atom is 0.123 e. The summed E-state index contributed by atoms with van der Waals surface area (Å²) in [6.45, 7) is 12.2. The molecule has 1 aromatic carbocycles. The minimum atomic E-state index is -0.199. The standard InChI is InChI=1S/C17H28FNO/c1-6-11-19-15(13-9-8-10-14(18)12-13)16(20-7-2)17(3,4)5/h8-10,12,15-16,19H,6-7,11H2,1-5H3. The van der Waals surface area contributed by atoms with Gasteiger partial charge in [-0.3, -0.25) is 0 Å². The summed E-state index contributed by atoms with van der Waals surface area (Å²) in [5, 5.41) is 3.51. The molecule has 0 aliphatic carbocycles. The van der Waals surface area contributed by atoms with Gasteiger partial charge in [-0.15, -0.1) is 0 Å². The lowest BCUT2D eigenvalue weighted by Gasteiger charge is -2.37. The Balaban J connectivity index is 3.08. The number of hydrogen-bond acceptors (Lipinski definition) is 2. The van der Waals surface area contributed by atoms with E-state index in [2.05, 4.69) is 33.0 Å². The fourth-order valence-electron chi connectivity index (χ4n) is 2.43. The van der Waals surface area contributed by atoms with Crippen LogP contribution in [0.2, 0.25) is 0 Å². The molecule has 0 saturated carbocycles. The third-order valence-corrected chi connectivity index (χ3v) is 3.32. The molecule has 1 N–H and O–H groups in total. The molecule has 0 fully saturated rings. The van der Waals surface area contributed by atoms with E-state index in [0.717, 1.165) is 18.5 Å². The Morgan fingerprint density at radius 2 is 1.95 bits per heavy atom. The van der Waals surface area contributed by atoms with Crippen LogP contribution in [0.5, 0.6) is 0 Å². The molecule has 0 radical (unpaired) electrons. The molecule has 0 amide bonds. The van der Waals surface area contributed by atoms with Gasteiger partial charge in [0.1, 0.15) is 5.82 Å². The maximum absolute atomic E-state index is 13.5. The molecular weight excluding hydrogens is 253 g/mol. The first kappa shape index (κ1) is 17.1. The topological polar surface area (TPSA) is 21.3 Å². The normalized spacial score (nSPS) is 15.1. The van der Waals surface area contributed by atoms with Crippen LogP contribution in [0.4, 0.5) is 4.39 Å². The third kappa shape index (κ3) is 4.88. The van der Waals surface area contributed by atoms with E-state index < -0.39 is 0 Å². The Labute approximate surface area is 122 Å². The van der Waals surface area contributed by atoms with E-state index in [4.69, 9.17) is 4.74 Å². The van der Waals surface area contributed by atoms with Crippen molar-refractivity contribution < 1.29 is 9.13 Å². The smallest absolute Gasteiger partial charge is 0.123 e. The second-order valence-electron chi connectivity index (χ2n) is 6.23. The minimum absolute atomic E-state index is 0.000787. The lowest BCUT2D eigenvalue weighted by Crippen LogP contribution is -2.42. The van der Waals surface area contributed by atoms with E-state index in [1.807, 2.05) is 13.0 Å². The summed E-state index contributed by atoms with van der Waals surface area (Å²) in [6.07, 6.45) is 1.04. The van der Waals surface area contributed by atoms with Gasteiger partial charge in [-0.2, -0.15) is 0 Å². The molecule has 2 atom stereocenters. The van der Waals surface area contributed by atoms with Crippen LogP contribution in [-0.2, 0) is 4.74 Å². The van der Waals surface area contributed by atoms with Crippen LogP contribution in [-0.4, -0.2) is 19.3 Å². The summed E-state index contributed by atoms with van der Waals surface area (Å²) in [6, 6.07) is 6.81. The second kappa shape index (κ2) is 7.75. The monoisotopic (exact) mass is 281 g/mol. The number of benzene rings is 1.